The van der Waals surface area contributed by atoms with Gasteiger partial charge >= 0.3 is 0 Å². The fourth-order valence-corrected chi connectivity index (χ4v) is 3.92. The van der Waals surface area contributed by atoms with Gasteiger partial charge in [-0.25, -0.2) is 4.98 Å². The number of halogens is 2. The Morgan fingerprint density at radius 1 is 1.50 bits per heavy atom. The fourth-order valence-electron chi connectivity index (χ4n) is 1.48. The molecule has 0 saturated carbocycles. The van der Waals surface area contributed by atoms with E-state index in [2.05, 4.69) is 20.9 Å². The van der Waals surface area contributed by atoms with Gasteiger partial charge in [-0.1, -0.05) is 27.5 Å². The molecule has 0 spiro atoms. The van der Waals surface area contributed by atoms with Gasteiger partial charge in [0.05, 0.1) is 9.72 Å². The van der Waals surface area contributed by atoms with Crippen molar-refractivity contribution in [3.63, 3.8) is 0 Å². The summed E-state index contributed by atoms with van der Waals surface area (Å²) in [4.78, 5) is 19.0. The van der Waals surface area contributed by atoms with Crippen LogP contribution in [0.4, 0.5) is 0 Å². The number of hydrogen-bond donors (Lipinski definition) is 0. The van der Waals surface area contributed by atoms with E-state index >= 15 is 0 Å². The largest absolute Gasteiger partial charge is 0.268 e. The van der Waals surface area contributed by atoms with Crippen LogP contribution in [0.1, 0.15) is 4.88 Å². The third-order valence-corrected chi connectivity index (χ3v) is 5.28. The van der Waals surface area contributed by atoms with Gasteiger partial charge < -0.3 is 0 Å². The molecule has 3 aromatic heterocycles. The molecule has 0 aromatic carbocycles. The maximum Gasteiger partial charge on any atom is 0.267 e. The van der Waals surface area contributed by atoms with Crippen molar-refractivity contribution < 1.29 is 0 Å². The topological polar surface area (TPSA) is 34.4 Å². The number of thiazole rings is 1. The summed E-state index contributed by atoms with van der Waals surface area (Å²) in [5.74, 6) is 0. The minimum Gasteiger partial charge on any atom is -0.268 e. The Morgan fingerprint density at radius 3 is 3.06 bits per heavy atom. The van der Waals surface area contributed by atoms with Crippen LogP contribution < -0.4 is 5.56 Å². The van der Waals surface area contributed by atoms with Crippen molar-refractivity contribution in [1.82, 2.24) is 9.38 Å². The second-order valence-corrected chi connectivity index (χ2v) is 6.49. The van der Waals surface area contributed by atoms with E-state index in [0.29, 0.717) is 19.5 Å². The molecule has 3 aromatic rings. The van der Waals surface area contributed by atoms with Gasteiger partial charge in [0.25, 0.3) is 5.56 Å². The molecule has 0 aliphatic carbocycles. The number of rotatable bonds is 1. The van der Waals surface area contributed by atoms with E-state index in [9.17, 15) is 4.79 Å². The summed E-state index contributed by atoms with van der Waals surface area (Å²) in [6.45, 7) is 0. The fraction of sp³-hybridized carbons (Fsp3) is 0.111. The lowest BCUT2D eigenvalue weighted by Gasteiger charge is -1.90. The zero-order valence-electron chi connectivity index (χ0n) is 7.74. The van der Waals surface area contributed by atoms with E-state index in [0.717, 1.165) is 10.2 Å². The van der Waals surface area contributed by atoms with Crippen LogP contribution in [0.2, 0.25) is 4.34 Å². The van der Waals surface area contributed by atoms with Crippen molar-refractivity contribution in [2.75, 3.05) is 0 Å². The van der Waals surface area contributed by atoms with E-state index in [4.69, 9.17) is 11.6 Å². The standard InChI is InChI=1S/C9H4BrClN2OS2/c10-2-4-3-13-8(14)5-1-6(11)16-7(5)12-9(13)15-4/h1,3H,2H2. The maximum atomic E-state index is 12.1. The highest BCUT2D eigenvalue weighted by molar-refractivity contribution is 9.08. The van der Waals surface area contributed by atoms with Gasteiger partial charge in [0.15, 0.2) is 4.96 Å². The van der Waals surface area contributed by atoms with Crippen molar-refractivity contribution in [2.45, 2.75) is 5.33 Å². The molecule has 7 heteroatoms. The minimum absolute atomic E-state index is 0.0494. The Hall–Kier alpha value is -0.430. The summed E-state index contributed by atoms with van der Waals surface area (Å²) in [5, 5.41) is 1.32. The third-order valence-electron chi connectivity index (χ3n) is 2.16. The number of thiophene rings is 1. The molecule has 0 fully saturated rings. The SMILES string of the molecule is O=c1c2cc(Cl)sc2nc2sc(CBr)cn12. The molecule has 0 atom stereocenters. The molecule has 82 valence electrons. The quantitative estimate of drug-likeness (QED) is 0.638. The molecule has 0 radical (unpaired) electrons. The van der Waals surface area contributed by atoms with E-state index in [1.54, 1.807) is 10.5 Å². The van der Waals surface area contributed by atoms with Crippen molar-refractivity contribution in [3.05, 3.63) is 31.8 Å². The summed E-state index contributed by atoms with van der Waals surface area (Å²) < 4.78 is 2.17. The van der Waals surface area contributed by atoms with E-state index in [1.165, 1.54) is 22.7 Å². The highest BCUT2D eigenvalue weighted by Crippen LogP contribution is 2.27. The molecular weight excluding hydrogens is 332 g/mol. The van der Waals surface area contributed by atoms with Gasteiger partial charge in [-0.2, -0.15) is 0 Å². The molecule has 0 aliphatic heterocycles. The first kappa shape index (κ1) is 10.7. The number of fused-ring (bicyclic) bond motifs is 2. The number of aromatic nitrogens is 2. The van der Waals surface area contributed by atoms with Crippen LogP contribution in [-0.4, -0.2) is 9.38 Å². The van der Waals surface area contributed by atoms with Gasteiger partial charge in [-0.3, -0.25) is 9.20 Å². The van der Waals surface area contributed by atoms with Crippen LogP contribution in [0.15, 0.2) is 17.1 Å². The summed E-state index contributed by atoms with van der Waals surface area (Å²) in [7, 11) is 0. The molecule has 3 rings (SSSR count). The molecule has 16 heavy (non-hydrogen) atoms. The van der Waals surface area contributed by atoms with Crippen molar-refractivity contribution in [2.24, 2.45) is 0 Å². The lowest BCUT2D eigenvalue weighted by molar-refractivity contribution is 1.11. The zero-order chi connectivity index (χ0) is 11.3. The monoisotopic (exact) mass is 334 g/mol. The van der Waals surface area contributed by atoms with Gasteiger partial charge in [0, 0.05) is 16.4 Å². The van der Waals surface area contributed by atoms with Gasteiger partial charge in [-0.15, -0.1) is 22.7 Å². The smallest absolute Gasteiger partial charge is 0.267 e. The van der Waals surface area contributed by atoms with Gasteiger partial charge in [0.2, 0.25) is 0 Å². The predicted octanol–water partition coefficient (Wildman–Crippen LogP) is 3.52. The highest BCUT2D eigenvalue weighted by Gasteiger charge is 2.11. The summed E-state index contributed by atoms with van der Waals surface area (Å²) in [6.07, 6.45) is 1.81. The third kappa shape index (κ3) is 1.52. The number of nitrogens with zero attached hydrogens (tertiary/aromatic N) is 2. The first-order chi connectivity index (χ1) is 7.69. The van der Waals surface area contributed by atoms with Crippen molar-refractivity contribution >= 4 is 65.4 Å². The van der Waals surface area contributed by atoms with E-state index in [-0.39, 0.29) is 5.56 Å². The Balaban J connectivity index is 2.51. The maximum absolute atomic E-state index is 12.1. The lowest BCUT2D eigenvalue weighted by atomic mass is 10.4. The average molecular weight is 336 g/mol. The molecule has 0 amide bonds. The minimum atomic E-state index is -0.0494. The molecule has 3 nitrogen and oxygen atoms in total. The summed E-state index contributed by atoms with van der Waals surface area (Å²) in [5.41, 5.74) is -0.0494. The number of hydrogen-bond acceptors (Lipinski definition) is 4. The molecule has 0 aliphatic rings. The van der Waals surface area contributed by atoms with Crippen LogP contribution in [0.3, 0.4) is 0 Å². The second-order valence-electron chi connectivity index (χ2n) is 3.17. The summed E-state index contributed by atoms with van der Waals surface area (Å²) >= 11 is 12.1. The van der Waals surface area contributed by atoms with Crippen molar-refractivity contribution in [1.29, 1.82) is 0 Å². The average Bonchev–Trinajstić information content (AvgIpc) is 2.81. The Morgan fingerprint density at radius 2 is 2.31 bits per heavy atom. The normalized spacial score (nSPS) is 11.6. The first-order valence-corrected chi connectivity index (χ1v) is 7.48. The molecule has 0 N–H and O–H groups in total. The van der Waals surface area contributed by atoms with Crippen molar-refractivity contribution in [3.8, 4) is 0 Å². The Bertz CT molecular complexity index is 745. The van der Waals surface area contributed by atoms with Crippen LogP contribution >= 0.6 is 50.2 Å². The molecular formula is C9H4BrClN2OS2. The van der Waals surface area contributed by atoms with Crippen LogP contribution in [0.5, 0.6) is 0 Å². The Labute approximate surface area is 111 Å². The second kappa shape index (κ2) is 3.80. The zero-order valence-corrected chi connectivity index (χ0v) is 11.7. The molecule has 0 saturated heterocycles. The lowest BCUT2D eigenvalue weighted by Crippen LogP contribution is -2.11. The summed E-state index contributed by atoms with van der Waals surface area (Å²) in [6, 6.07) is 1.68. The van der Waals surface area contributed by atoms with Crippen LogP contribution in [0, 0.1) is 0 Å². The van der Waals surface area contributed by atoms with E-state index in [1.807, 2.05) is 6.20 Å². The van der Waals surface area contributed by atoms with E-state index < -0.39 is 0 Å². The molecule has 0 bridgehead atoms. The predicted molar refractivity (Wildman–Crippen MR) is 72.4 cm³/mol. The molecule has 0 unspecified atom stereocenters. The van der Waals surface area contributed by atoms with Gasteiger partial charge in [0.1, 0.15) is 4.83 Å². The highest BCUT2D eigenvalue weighted by atomic mass is 79.9. The van der Waals surface area contributed by atoms with Gasteiger partial charge in [-0.05, 0) is 6.07 Å². The Kier molecular flexibility index (Phi) is 2.54. The van der Waals surface area contributed by atoms with Crippen LogP contribution in [-0.2, 0) is 5.33 Å². The molecule has 3 heterocycles. The number of alkyl halides is 1. The first-order valence-electron chi connectivity index (χ1n) is 4.35. The van der Waals surface area contributed by atoms with Crippen LogP contribution in [0.25, 0.3) is 15.2 Å².